The molecule has 8 heteroatoms. The number of pyridine rings is 1. The summed E-state index contributed by atoms with van der Waals surface area (Å²) in [5.41, 5.74) is 4.13. The van der Waals surface area contributed by atoms with Gasteiger partial charge in [0.05, 0.1) is 18.3 Å². The van der Waals surface area contributed by atoms with Crippen molar-refractivity contribution in [1.82, 2.24) is 19.8 Å². The first-order valence-electron chi connectivity index (χ1n) is 12.2. The smallest absolute Gasteiger partial charge is 0.220 e. The summed E-state index contributed by atoms with van der Waals surface area (Å²) >= 11 is 0. The van der Waals surface area contributed by atoms with E-state index in [0.717, 1.165) is 42.0 Å². The zero-order chi connectivity index (χ0) is 24.6. The van der Waals surface area contributed by atoms with E-state index >= 15 is 0 Å². The zero-order valence-electron chi connectivity index (χ0n) is 20.1. The van der Waals surface area contributed by atoms with Crippen LogP contribution in [-0.4, -0.2) is 51.8 Å². The van der Waals surface area contributed by atoms with Gasteiger partial charge in [-0.15, -0.1) is 0 Å². The molecule has 2 N–H and O–H groups in total. The lowest BCUT2D eigenvalue weighted by atomic mass is 9.93. The summed E-state index contributed by atoms with van der Waals surface area (Å²) in [6, 6.07) is 19.2. The predicted octanol–water partition coefficient (Wildman–Crippen LogP) is 3.87. The molecular formula is C28H28N4O4. The molecule has 2 atom stereocenters. The predicted molar refractivity (Wildman–Crippen MR) is 135 cm³/mol. The van der Waals surface area contributed by atoms with Crippen molar-refractivity contribution >= 4 is 11.4 Å². The third-order valence-electron chi connectivity index (χ3n) is 7.13. The number of amides is 1. The maximum Gasteiger partial charge on any atom is 0.220 e. The van der Waals surface area contributed by atoms with Crippen molar-refractivity contribution in [3.05, 3.63) is 83.7 Å². The molecule has 1 fully saturated rings. The Kier molecular flexibility index (Phi) is 5.73. The van der Waals surface area contributed by atoms with Gasteiger partial charge in [-0.3, -0.25) is 9.69 Å². The van der Waals surface area contributed by atoms with Crippen LogP contribution in [0.25, 0.3) is 5.52 Å². The van der Waals surface area contributed by atoms with Crippen molar-refractivity contribution in [3.63, 3.8) is 0 Å². The highest BCUT2D eigenvalue weighted by atomic mass is 16.5. The maximum atomic E-state index is 13.0. The fraction of sp³-hybridized carbons (Fsp3) is 0.286. The Balaban J connectivity index is 1.35. The van der Waals surface area contributed by atoms with Crippen LogP contribution < -0.4 is 14.8 Å². The molecule has 1 amide bonds. The summed E-state index contributed by atoms with van der Waals surface area (Å²) in [6.45, 7) is 2.22. The van der Waals surface area contributed by atoms with Crippen molar-refractivity contribution in [3.8, 4) is 23.0 Å². The van der Waals surface area contributed by atoms with E-state index in [9.17, 15) is 9.90 Å². The highest BCUT2D eigenvalue weighted by molar-refractivity contribution is 5.77. The lowest BCUT2D eigenvalue weighted by Crippen LogP contribution is -2.40. The van der Waals surface area contributed by atoms with Crippen molar-refractivity contribution in [2.24, 2.45) is 0 Å². The zero-order valence-corrected chi connectivity index (χ0v) is 20.1. The number of hydrogen-bond donors (Lipinski definition) is 2. The summed E-state index contributed by atoms with van der Waals surface area (Å²) in [5, 5.41) is 18.2. The Labute approximate surface area is 209 Å². The number of aromatic hydroxyl groups is 1. The third kappa shape index (κ3) is 4.24. The number of rotatable bonds is 3. The summed E-state index contributed by atoms with van der Waals surface area (Å²) in [6.07, 6.45) is 2.73. The van der Waals surface area contributed by atoms with E-state index in [4.69, 9.17) is 9.47 Å². The second kappa shape index (κ2) is 9.20. The molecule has 2 aromatic carbocycles. The van der Waals surface area contributed by atoms with Gasteiger partial charge in [0, 0.05) is 44.2 Å². The molecule has 0 saturated carbocycles. The summed E-state index contributed by atoms with van der Waals surface area (Å²) in [7, 11) is 1.60. The Morgan fingerprint density at radius 1 is 1.08 bits per heavy atom. The molecule has 1 saturated heterocycles. The number of aryl methyl sites for hydroxylation is 1. The van der Waals surface area contributed by atoms with Gasteiger partial charge in [-0.25, -0.2) is 4.52 Å². The molecule has 36 heavy (non-hydrogen) atoms. The number of methoxy groups -OCH3 is 1. The number of phenolic OH excluding ortho intramolecular Hbond substituents is 1. The SMILES string of the molecule is COc1ccc2cc1Oc1cc(ccc1O)CCC(=O)N[C@@H]1CN(Cc3cccc4ccnn34)C[C@@H]21. The van der Waals surface area contributed by atoms with Crippen molar-refractivity contribution in [1.29, 1.82) is 0 Å². The fourth-order valence-electron chi connectivity index (χ4n) is 5.31. The van der Waals surface area contributed by atoms with Crippen LogP contribution in [0.2, 0.25) is 0 Å². The maximum absolute atomic E-state index is 13.0. The Morgan fingerprint density at radius 2 is 2.00 bits per heavy atom. The van der Waals surface area contributed by atoms with Crippen LogP contribution in [0.3, 0.4) is 0 Å². The molecule has 4 aromatic rings. The average Bonchev–Trinajstić information content (AvgIpc) is 3.52. The number of nitrogens with one attached hydrogen (secondary N) is 1. The number of aromatic nitrogens is 2. The molecule has 0 aliphatic carbocycles. The average molecular weight is 485 g/mol. The first kappa shape index (κ1) is 22.4. The van der Waals surface area contributed by atoms with E-state index in [1.165, 1.54) is 0 Å². The minimum absolute atomic E-state index is 0.0181. The van der Waals surface area contributed by atoms with Crippen LogP contribution in [0.15, 0.2) is 66.9 Å². The minimum atomic E-state index is -0.0483. The van der Waals surface area contributed by atoms with Crippen LogP contribution in [0.1, 0.15) is 29.2 Å². The molecule has 2 aliphatic heterocycles. The van der Waals surface area contributed by atoms with Crippen molar-refractivity contribution in [2.75, 3.05) is 20.2 Å². The van der Waals surface area contributed by atoms with Gasteiger partial charge in [0.1, 0.15) is 0 Å². The van der Waals surface area contributed by atoms with E-state index in [1.807, 2.05) is 47.1 Å². The molecule has 8 nitrogen and oxygen atoms in total. The number of carbonyl (C=O) groups is 1. The van der Waals surface area contributed by atoms with E-state index in [1.54, 1.807) is 19.2 Å². The van der Waals surface area contributed by atoms with Crippen LogP contribution in [-0.2, 0) is 17.8 Å². The number of fused-ring (bicyclic) bond motifs is 7. The standard InChI is InChI=1S/C28H28N4O4/c1-35-25-9-7-19-14-27(25)36-26-13-18(5-8-24(26)33)6-10-28(34)30-23-17-31(16-22(19)23)15-21-4-2-3-20-11-12-29-32(20)21/h2-5,7-9,11-14,22-23,33H,6,10,15-17H2,1H3,(H,30,34)/t22-,23+/m0/s1. The molecule has 6 rings (SSSR count). The number of likely N-dealkylation sites (tertiary alicyclic amines) is 1. The van der Waals surface area contributed by atoms with Gasteiger partial charge < -0.3 is 19.9 Å². The van der Waals surface area contributed by atoms with Crippen molar-refractivity contribution in [2.45, 2.75) is 31.3 Å². The third-order valence-corrected chi connectivity index (χ3v) is 7.13. The lowest BCUT2D eigenvalue weighted by molar-refractivity contribution is -0.121. The highest BCUT2D eigenvalue weighted by Crippen LogP contribution is 2.40. The number of ether oxygens (including phenoxy) is 2. The second-order valence-corrected chi connectivity index (χ2v) is 9.47. The summed E-state index contributed by atoms with van der Waals surface area (Å²) < 4.78 is 13.7. The van der Waals surface area contributed by atoms with E-state index < -0.39 is 0 Å². The lowest BCUT2D eigenvalue weighted by Gasteiger charge is -2.21. The van der Waals surface area contributed by atoms with E-state index in [0.29, 0.717) is 30.1 Å². The number of carbonyl (C=O) groups excluding carboxylic acids is 1. The Bertz CT molecular complexity index is 1430. The monoisotopic (exact) mass is 484 g/mol. The Morgan fingerprint density at radius 3 is 2.89 bits per heavy atom. The number of benzene rings is 2. The van der Waals surface area contributed by atoms with Crippen LogP contribution in [0.5, 0.6) is 23.0 Å². The quantitative estimate of drug-likeness (QED) is 0.459. The van der Waals surface area contributed by atoms with Crippen molar-refractivity contribution < 1.29 is 19.4 Å². The van der Waals surface area contributed by atoms with E-state index in [-0.39, 0.29) is 23.6 Å². The normalized spacial score (nSPS) is 20.0. The summed E-state index contributed by atoms with van der Waals surface area (Å²) in [4.78, 5) is 15.3. The van der Waals surface area contributed by atoms with Gasteiger partial charge in [-0.2, -0.15) is 5.10 Å². The number of nitrogens with zero attached hydrogens (tertiary/aromatic N) is 3. The van der Waals surface area contributed by atoms with Gasteiger partial charge in [0.15, 0.2) is 23.0 Å². The molecule has 2 aliphatic rings. The Hall–Kier alpha value is -4.04. The van der Waals surface area contributed by atoms with Crippen LogP contribution in [0.4, 0.5) is 0 Å². The molecule has 184 valence electrons. The van der Waals surface area contributed by atoms with Gasteiger partial charge in [0.2, 0.25) is 5.91 Å². The first-order valence-corrected chi connectivity index (χ1v) is 12.2. The fourth-order valence-corrected chi connectivity index (χ4v) is 5.31. The number of phenols is 1. The van der Waals surface area contributed by atoms with Crippen LogP contribution >= 0.6 is 0 Å². The van der Waals surface area contributed by atoms with Gasteiger partial charge in [-0.1, -0.05) is 18.2 Å². The van der Waals surface area contributed by atoms with Gasteiger partial charge in [0.25, 0.3) is 0 Å². The molecule has 0 spiro atoms. The van der Waals surface area contributed by atoms with Gasteiger partial charge in [-0.05, 0) is 60.0 Å². The molecular weight excluding hydrogens is 456 g/mol. The topological polar surface area (TPSA) is 88.3 Å². The molecule has 2 aromatic heterocycles. The van der Waals surface area contributed by atoms with E-state index in [2.05, 4.69) is 27.4 Å². The molecule has 0 radical (unpaired) electrons. The largest absolute Gasteiger partial charge is 0.504 e. The molecule has 4 heterocycles. The number of hydrogen-bond acceptors (Lipinski definition) is 6. The summed E-state index contributed by atoms with van der Waals surface area (Å²) in [5.74, 6) is 1.59. The molecule has 0 unspecified atom stereocenters. The highest BCUT2D eigenvalue weighted by Gasteiger charge is 2.35. The first-order chi connectivity index (χ1) is 17.6. The molecule has 4 bridgehead atoms. The minimum Gasteiger partial charge on any atom is -0.504 e. The van der Waals surface area contributed by atoms with Crippen LogP contribution in [0, 0.1) is 0 Å². The van der Waals surface area contributed by atoms with Gasteiger partial charge >= 0.3 is 0 Å². The second-order valence-electron chi connectivity index (χ2n) is 9.47.